The maximum Gasteiger partial charge on any atom is 0.228 e. The molecule has 0 saturated heterocycles. The highest BCUT2D eigenvalue weighted by Crippen LogP contribution is 2.21. The number of amides is 1. The minimum absolute atomic E-state index is 0.0827. The standard InChI is InChI=1S/C15H13N3O2S/c1-20-11-7-5-10(6-8-11)9-14(19)16-12-3-2-4-13-15(12)18-21-17-13/h2-8H,9H2,1H3,(H,16,19). The van der Waals surface area contributed by atoms with E-state index in [1.165, 1.54) is 0 Å². The van der Waals surface area contributed by atoms with E-state index in [1.54, 1.807) is 7.11 Å². The van der Waals surface area contributed by atoms with Crippen molar-refractivity contribution >= 4 is 34.4 Å². The van der Waals surface area contributed by atoms with Crippen LogP contribution in [-0.2, 0) is 11.2 Å². The summed E-state index contributed by atoms with van der Waals surface area (Å²) in [4.78, 5) is 12.1. The molecule has 1 heterocycles. The molecule has 3 aromatic rings. The molecule has 0 radical (unpaired) electrons. The Morgan fingerprint density at radius 3 is 2.76 bits per heavy atom. The van der Waals surface area contributed by atoms with Gasteiger partial charge in [-0.1, -0.05) is 18.2 Å². The number of ether oxygens (including phenoxy) is 1. The van der Waals surface area contributed by atoms with Crippen molar-refractivity contribution in [2.75, 3.05) is 12.4 Å². The lowest BCUT2D eigenvalue weighted by Crippen LogP contribution is -2.14. The van der Waals surface area contributed by atoms with Crippen molar-refractivity contribution in [3.8, 4) is 5.75 Å². The van der Waals surface area contributed by atoms with Crippen molar-refractivity contribution in [3.05, 3.63) is 48.0 Å². The van der Waals surface area contributed by atoms with Gasteiger partial charge in [-0.15, -0.1) is 0 Å². The molecule has 2 aromatic carbocycles. The maximum atomic E-state index is 12.1. The number of fused-ring (bicyclic) bond motifs is 1. The first kappa shape index (κ1) is 13.5. The molecule has 1 amide bonds. The molecule has 0 aliphatic carbocycles. The molecule has 0 aliphatic rings. The summed E-state index contributed by atoms with van der Waals surface area (Å²) < 4.78 is 13.5. The monoisotopic (exact) mass is 299 g/mol. The third-order valence-corrected chi connectivity index (χ3v) is 3.63. The summed E-state index contributed by atoms with van der Waals surface area (Å²) in [5.41, 5.74) is 3.14. The van der Waals surface area contributed by atoms with Gasteiger partial charge in [0, 0.05) is 0 Å². The maximum absolute atomic E-state index is 12.1. The van der Waals surface area contributed by atoms with Crippen LogP contribution in [0.4, 0.5) is 5.69 Å². The van der Waals surface area contributed by atoms with Crippen molar-refractivity contribution in [1.29, 1.82) is 0 Å². The predicted octanol–water partition coefficient (Wildman–Crippen LogP) is 2.88. The zero-order valence-electron chi connectivity index (χ0n) is 11.4. The van der Waals surface area contributed by atoms with Crippen molar-refractivity contribution in [2.24, 2.45) is 0 Å². The molecule has 0 aliphatic heterocycles. The third kappa shape index (κ3) is 3.00. The number of anilines is 1. The smallest absolute Gasteiger partial charge is 0.228 e. The van der Waals surface area contributed by atoms with Crippen molar-refractivity contribution in [2.45, 2.75) is 6.42 Å². The summed E-state index contributed by atoms with van der Waals surface area (Å²) in [6.45, 7) is 0. The van der Waals surface area contributed by atoms with Crippen LogP contribution in [0.25, 0.3) is 11.0 Å². The number of hydrogen-bond acceptors (Lipinski definition) is 5. The molecule has 0 saturated carbocycles. The van der Waals surface area contributed by atoms with Gasteiger partial charge < -0.3 is 10.1 Å². The van der Waals surface area contributed by atoms with E-state index in [2.05, 4.69) is 14.1 Å². The van der Waals surface area contributed by atoms with E-state index < -0.39 is 0 Å². The summed E-state index contributed by atoms with van der Waals surface area (Å²) in [6, 6.07) is 13.0. The first-order chi connectivity index (χ1) is 10.3. The van der Waals surface area contributed by atoms with Crippen molar-refractivity contribution in [1.82, 2.24) is 8.75 Å². The van der Waals surface area contributed by atoms with Crippen LogP contribution in [0.2, 0.25) is 0 Å². The van der Waals surface area contributed by atoms with Gasteiger partial charge in [0.25, 0.3) is 0 Å². The molecule has 5 nitrogen and oxygen atoms in total. The van der Waals surface area contributed by atoms with Gasteiger partial charge >= 0.3 is 0 Å². The third-order valence-electron chi connectivity index (χ3n) is 3.08. The number of rotatable bonds is 4. The molecule has 0 spiro atoms. The average Bonchev–Trinajstić information content (AvgIpc) is 2.97. The Balaban J connectivity index is 1.72. The van der Waals surface area contributed by atoms with Gasteiger partial charge in [-0.05, 0) is 29.8 Å². The first-order valence-corrected chi connectivity index (χ1v) is 7.13. The Morgan fingerprint density at radius 1 is 1.19 bits per heavy atom. The second-order valence-corrected chi connectivity index (χ2v) is 5.04. The highest BCUT2D eigenvalue weighted by atomic mass is 32.1. The van der Waals surface area contributed by atoms with Gasteiger partial charge in [0.1, 0.15) is 16.8 Å². The van der Waals surface area contributed by atoms with Crippen LogP contribution in [0.3, 0.4) is 0 Å². The normalized spacial score (nSPS) is 10.5. The van der Waals surface area contributed by atoms with E-state index in [0.717, 1.165) is 34.1 Å². The average molecular weight is 299 g/mol. The fourth-order valence-electron chi connectivity index (χ4n) is 2.03. The molecule has 6 heteroatoms. The van der Waals surface area contributed by atoms with E-state index in [-0.39, 0.29) is 5.91 Å². The van der Waals surface area contributed by atoms with Crippen LogP contribution >= 0.6 is 11.7 Å². The lowest BCUT2D eigenvalue weighted by Gasteiger charge is -2.06. The van der Waals surface area contributed by atoms with Crippen LogP contribution in [0.5, 0.6) is 5.75 Å². The quantitative estimate of drug-likeness (QED) is 0.804. The van der Waals surface area contributed by atoms with Crippen LogP contribution in [0, 0.1) is 0 Å². The van der Waals surface area contributed by atoms with Crippen molar-refractivity contribution < 1.29 is 9.53 Å². The molecule has 21 heavy (non-hydrogen) atoms. The SMILES string of the molecule is COc1ccc(CC(=O)Nc2cccc3nsnc23)cc1. The summed E-state index contributed by atoms with van der Waals surface area (Å²) in [7, 11) is 1.62. The van der Waals surface area contributed by atoms with E-state index >= 15 is 0 Å². The molecule has 1 aromatic heterocycles. The number of carbonyl (C=O) groups is 1. The lowest BCUT2D eigenvalue weighted by molar-refractivity contribution is -0.115. The van der Waals surface area contributed by atoms with Gasteiger partial charge in [-0.2, -0.15) is 8.75 Å². The van der Waals surface area contributed by atoms with E-state index in [9.17, 15) is 4.79 Å². The summed E-state index contributed by atoms with van der Waals surface area (Å²) in [5, 5.41) is 2.88. The Morgan fingerprint density at radius 2 is 2.00 bits per heavy atom. The minimum atomic E-state index is -0.0827. The Bertz CT molecular complexity index is 768. The summed E-state index contributed by atoms with van der Waals surface area (Å²) >= 11 is 1.14. The van der Waals surface area contributed by atoms with Gasteiger partial charge in [-0.3, -0.25) is 4.79 Å². The second-order valence-electron chi connectivity index (χ2n) is 4.51. The van der Waals surface area contributed by atoms with Gasteiger partial charge in [0.15, 0.2) is 0 Å². The zero-order valence-corrected chi connectivity index (χ0v) is 12.2. The molecular formula is C15H13N3O2S. The number of hydrogen-bond donors (Lipinski definition) is 1. The fourth-order valence-corrected chi connectivity index (χ4v) is 2.58. The molecule has 0 atom stereocenters. The Kier molecular flexibility index (Phi) is 3.79. The topological polar surface area (TPSA) is 64.1 Å². The molecule has 106 valence electrons. The van der Waals surface area contributed by atoms with E-state index in [4.69, 9.17) is 4.74 Å². The minimum Gasteiger partial charge on any atom is -0.497 e. The Labute approximate surface area is 125 Å². The number of benzene rings is 2. The molecule has 0 unspecified atom stereocenters. The molecule has 3 rings (SSSR count). The fraction of sp³-hybridized carbons (Fsp3) is 0.133. The Hall–Kier alpha value is -2.47. The van der Waals surface area contributed by atoms with Gasteiger partial charge in [-0.25, -0.2) is 0 Å². The number of aromatic nitrogens is 2. The molecule has 0 bridgehead atoms. The number of nitrogens with one attached hydrogen (secondary N) is 1. The number of carbonyl (C=O) groups excluding carboxylic acids is 1. The summed E-state index contributed by atoms with van der Waals surface area (Å²) in [6.07, 6.45) is 0.304. The summed E-state index contributed by atoms with van der Waals surface area (Å²) in [5.74, 6) is 0.693. The molecule has 0 fully saturated rings. The van der Waals surface area contributed by atoms with Gasteiger partial charge in [0.05, 0.1) is 30.9 Å². The first-order valence-electron chi connectivity index (χ1n) is 6.40. The van der Waals surface area contributed by atoms with Crippen LogP contribution in [0.1, 0.15) is 5.56 Å². The largest absolute Gasteiger partial charge is 0.497 e. The highest BCUT2D eigenvalue weighted by Gasteiger charge is 2.09. The van der Waals surface area contributed by atoms with Crippen LogP contribution in [-0.4, -0.2) is 21.8 Å². The number of nitrogens with zero attached hydrogens (tertiary/aromatic N) is 2. The van der Waals surface area contributed by atoms with Crippen LogP contribution < -0.4 is 10.1 Å². The second kappa shape index (κ2) is 5.88. The predicted molar refractivity (Wildman–Crippen MR) is 82.7 cm³/mol. The molecule has 1 N–H and O–H groups in total. The number of methoxy groups -OCH3 is 1. The van der Waals surface area contributed by atoms with Crippen molar-refractivity contribution in [3.63, 3.8) is 0 Å². The lowest BCUT2D eigenvalue weighted by atomic mass is 10.1. The van der Waals surface area contributed by atoms with E-state index in [0.29, 0.717) is 12.1 Å². The van der Waals surface area contributed by atoms with Gasteiger partial charge in [0.2, 0.25) is 5.91 Å². The zero-order chi connectivity index (χ0) is 14.7. The van der Waals surface area contributed by atoms with E-state index in [1.807, 2.05) is 42.5 Å². The molecular weight excluding hydrogens is 286 g/mol. The van der Waals surface area contributed by atoms with Crippen LogP contribution in [0.15, 0.2) is 42.5 Å². The highest BCUT2D eigenvalue weighted by molar-refractivity contribution is 7.00.